The molecule has 0 amide bonds. The molecule has 0 fully saturated rings. The fourth-order valence-corrected chi connectivity index (χ4v) is 2.82. The van der Waals surface area contributed by atoms with Gasteiger partial charge in [-0.3, -0.25) is 4.68 Å². The fourth-order valence-electron chi connectivity index (χ4n) is 2.82. The second kappa shape index (κ2) is 7.40. The number of aromatic amines is 1. The highest BCUT2D eigenvalue weighted by atomic mass is 16.3. The molecule has 0 aliphatic rings. The van der Waals surface area contributed by atoms with Crippen LogP contribution in [0, 0.1) is 0 Å². The van der Waals surface area contributed by atoms with Gasteiger partial charge in [-0.25, -0.2) is 20.8 Å². The van der Waals surface area contributed by atoms with Crippen molar-refractivity contribution in [3.8, 4) is 11.3 Å². The quantitative estimate of drug-likeness (QED) is 0.242. The molecule has 10 heteroatoms. The van der Waals surface area contributed by atoms with E-state index in [-0.39, 0.29) is 6.61 Å². The van der Waals surface area contributed by atoms with Crippen molar-refractivity contribution in [2.24, 2.45) is 5.84 Å². The zero-order valence-electron chi connectivity index (χ0n) is 14.4. The van der Waals surface area contributed by atoms with E-state index < -0.39 is 0 Å². The lowest BCUT2D eigenvalue weighted by molar-refractivity contribution is 0.269. The molecule has 0 atom stereocenters. The Kier molecular flexibility index (Phi) is 4.64. The number of hydrogen-bond acceptors (Lipinski definition) is 8. The van der Waals surface area contributed by atoms with E-state index in [9.17, 15) is 0 Å². The molecule has 0 aromatic carbocycles. The maximum Gasteiger partial charge on any atom is 0.183 e. The number of nitrogen functional groups attached to an aromatic ring is 1. The zero-order chi connectivity index (χ0) is 18.6. The van der Waals surface area contributed by atoms with Crippen molar-refractivity contribution in [1.29, 1.82) is 0 Å². The summed E-state index contributed by atoms with van der Waals surface area (Å²) in [6, 6.07) is 3.91. The predicted molar refractivity (Wildman–Crippen MR) is 102 cm³/mol. The van der Waals surface area contributed by atoms with Crippen molar-refractivity contribution >= 4 is 22.7 Å². The minimum Gasteiger partial charge on any atom is -0.394 e. The van der Waals surface area contributed by atoms with Crippen molar-refractivity contribution in [3.05, 3.63) is 48.7 Å². The number of aromatic nitrogens is 6. The van der Waals surface area contributed by atoms with Crippen LogP contribution in [0.5, 0.6) is 0 Å². The smallest absolute Gasteiger partial charge is 0.183 e. The molecule has 4 aromatic rings. The summed E-state index contributed by atoms with van der Waals surface area (Å²) in [5.41, 5.74) is 5.91. The van der Waals surface area contributed by atoms with Crippen LogP contribution in [-0.4, -0.2) is 41.4 Å². The minimum absolute atomic E-state index is 0.0229. The Labute approximate surface area is 154 Å². The summed E-state index contributed by atoms with van der Waals surface area (Å²) in [4.78, 5) is 16.4. The van der Waals surface area contributed by atoms with Crippen LogP contribution in [0.4, 0.5) is 11.6 Å². The van der Waals surface area contributed by atoms with E-state index in [1.165, 1.54) is 0 Å². The average Bonchev–Trinajstić information content (AvgIpc) is 3.33. The molecule has 138 valence electrons. The molecule has 4 rings (SSSR count). The Hall–Kier alpha value is -3.50. The lowest BCUT2D eigenvalue weighted by atomic mass is 10.2. The van der Waals surface area contributed by atoms with E-state index in [2.05, 4.69) is 35.8 Å². The molecule has 4 heterocycles. The highest BCUT2D eigenvalue weighted by molar-refractivity contribution is 5.79. The molecule has 0 saturated heterocycles. The molecule has 4 aromatic heterocycles. The number of hydrogen-bond donors (Lipinski definition) is 5. The normalized spacial score (nSPS) is 11.0. The molecule has 0 spiro atoms. The van der Waals surface area contributed by atoms with Crippen molar-refractivity contribution < 1.29 is 5.11 Å². The van der Waals surface area contributed by atoms with Gasteiger partial charge in [-0.2, -0.15) is 5.10 Å². The van der Waals surface area contributed by atoms with Gasteiger partial charge in [0.05, 0.1) is 31.2 Å². The Bertz CT molecular complexity index is 1060. The summed E-state index contributed by atoms with van der Waals surface area (Å²) in [5.74, 6) is 6.54. The summed E-state index contributed by atoms with van der Waals surface area (Å²) in [5, 5.41) is 17.5. The zero-order valence-corrected chi connectivity index (χ0v) is 14.4. The molecule has 6 N–H and O–H groups in total. The van der Waals surface area contributed by atoms with Crippen LogP contribution in [-0.2, 0) is 13.1 Å². The molecule has 0 radical (unpaired) electrons. The van der Waals surface area contributed by atoms with Crippen molar-refractivity contribution in [2.75, 3.05) is 17.3 Å². The topological polar surface area (TPSA) is 143 Å². The number of hydrazine groups is 1. The molecule has 0 aliphatic heterocycles. The second-order valence-corrected chi connectivity index (χ2v) is 5.88. The largest absolute Gasteiger partial charge is 0.394 e. The SMILES string of the molecule is NNc1ncc(-c2cnn(CCO)c2)nc1NCc1c[nH]c2ncccc12. The van der Waals surface area contributed by atoms with Gasteiger partial charge >= 0.3 is 0 Å². The van der Waals surface area contributed by atoms with Crippen LogP contribution in [0.1, 0.15) is 5.56 Å². The summed E-state index contributed by atoms with van der Waals surface area (Å²) in [6.45, 7) is 0.979. The fraction of sp³-hybridized carbons (Fsp3) is 0.176. The van der Waals surface area contributed by atoms with Gasteiger partial charge in [0.15, 0.2) is 11.6 Å². The number of nitrogens with zero attached hydrogens (tertiary/aromatic N) is 5. The number of pyridine rings is 1. The lowest BCUT2D eigenvalue weighted by Crippen LogP contribution is -2.13. The lowest BCUT2D eigenvalue weighted by Gasteiger charge is -2.10. The van der Waals surface area contributed by atoms with Crippen LogP contribution in [0.3, 0.4) is 0 Å². The molecule has 0 saturated carbocycles. The number of anilines is 2. The predicted octanol–water partition coefficient (Wildman–Crippen LogP) is 1.11. The first-order valence-electron chi connectivity index (χ1n) is 8.40. The number of nitrogens with one attached hydrogen (secondary N) is 3. The van der Waals surface area contributed by atoms with Gasteiger partial charge in [-0.1, -0.05) is 0 Å². The number of nitrogens with two attached hydrogens (primary N) is 1. The van der Waals surface area contributed by atoms with Crippen LogP contribution < -0.4 is 16.6 Å². The van der Waals surface area contributed by atoms with Gasteiger partial charge in [0, 0.05) is 36.1 Å². The van der Waals surface area contributed by atoms with Gasteiger partial charge in [0.1, 0.15) is 5.65 Å². The van der Waals surface area contributed by atoms with Crippen LogP contribution in [0.15, 0.2) is 43.1 Å². The molecule has 0 aliphatic carbocycles. The summed E-state index contributed by atoms with van der Waals surface area (Å²) in [7, 11) is 0. The molecule has 0 bridgehead atoms. The maximum absolute atomic E-state index is 9.02. The second-order valence-electron chi connectivity index (χ2n) is 5.88. The molecule has 27 heavy (non-hydrogen) atoms. The Morgan fingerprint density at radius 3 is 3.00 bits per heavy atom. The van der Waals surface area contributed by atoms with Crippen molar-refractivity contribution in [3.63, 3.8) is 0 Å². The molecule has 0 unspecified atom stereocenters. The third-order valence-corrected chi connectivity index (χ3v) is 4.15. The maximum atomic E-state index is 9.02. The summed E-state index contributed by atoms with van der Waals surface area (Å²) in [6.07, 6.45) is 8.78. The van der Waals surface area contributed by atoms with Crippen LogP contribution in [0.2, 0.25) is 0 Å². The van der Waals surface area contributed by atoms with Crippen molar-refractivity contribution in [1.82, 2.24) is 29.7 Å². The third kappa shape index (κ3) is 3.43. The number of H-pyrrole nitrogens is 1. The average molecular weight is 365 g/mol. The summed E-state index contributed by atoms with van der Waals surface area (Å²) >= 11 is 0. The van der Waals surface area contributed by atoms with Gasteiger partial charge in [0.2, 0.25) is 0 Å². The van der Waals surface area contributed by atoms with E-state index in [0.29, 0.717) is 30.4 Å². The van der Waals surface area contributed by atoms with Gasteiger partial charge in [-0.15, -0.1) is 0 Å². The van der Waals surface area contributed by atoms with Gasteiger partial charge in [-0.05, 0) is 17.7 Å². The van der Waals surface area contributed by atoms with E-state index in [0.717, 1.165) is 22.2 Å². The van der Waals surface area contributed by atoms with E-state index in [4.69, 9.17) is 10.9 Å². The van der Waals surface area contributed by atoms with Gasteiger partial charge < -0.3 is 20.8 Å². The van der Waals surface area contributed by atoms with E-state index >= 15 is 0 Å². The van der Waals surface area contributed by atoms with Crippen molar-refractivity contribution in [2.45, 2.75) is 13.1 Å². The standard InChI is InChI=1S/C17H19N9O/c18-25-17-16(21-7-11-6-20-15-13(11)2-1-3-19-15)24-14(9-22-17)12-8-23-26(10-12)4-5-27/h1-3,6,8-10,27H,4-5,7,18H2,(H,19,20)(H,21,24)(H,22,25). The highest BCUT2D eigenvalue weighted by Gasteiger charge is 2.11. The molecular weight excluding hydrogens is 346 g/mol. The first-order valence-corrected chi connectivity index (χ1v) is 8.40. The van der Waals surface area contributed by atoms with Gasteiger partial charge in [0.25, 0.3) is 0 Å². The van der Waals surface area contributed by atoms with Crippen LogP contribution >= 0.6 is 0 Å². The number of rotatable bonds is 7. The van der Waals surface area contributed by atoms with Crippen LogP contribution in [0.25, 0.3) is 22.3 Å². The van der Waals surface area contributed by atoms with E-state index in [1.54, 1.807) is 23.3 Å². The highest BCUT2D eigenvalue weighted by Crippen LogP contribution is 2.23. The summed E-state index contributed by atoms with van der Waals surface area (Å²) < 4.78 is 1.65. The molecule has 10 nitrogen and oxygen atoms in total. The number of fused-ring (bicyclic) bond motifs is 1. The third-order valence-electron chi connectivity index (χ3n) is 4.15. The Morgan fingerprint density at radius 1 is 1.22 bits per heavy atom. The number of aliphatic hydroxyl groups is 1. The minimum atomic E-state index is 0.0229. The first kappa shape index (κ1) is 16.9. The molecular formula is C17H19N9O. The first-order chi connectivity index (χ1) is 13.3. The van der Waals surface area contributed by atoms with E-state index in [1.807, 2.05) is 24.5 Å². The Balaban J connectivity index is 1.59. The monoisotopic (exact) mass is 365 g/mol. The Morgan fingerprint density at radius 2 is 2.15 bits per heavy atom. The number of aliphatic hydroxyl groups excluding tert-OH is 1.